The fourth-order valence-electron chi connectivity index (χ4n) is 2.12. The molecule has 0 aromatic carbocycles. The molecular formula is C14H15ClN2O. The number of halogens is 1. The molecule has 4 heteroatoms. The highest BCUT2D eigenvalue weighted by Gasteiger charge is 2.16. The molecule has 0 amide bonds. The molecule has 0 saturated heterocycles. The summed E-state index contributed by atoms with van der Waals surface area (Å²) in [6, 6.07) is 7.70. The molecule has 0 unspecified atom stereocenters. The standard InChI is InChI=1S/C14H15ClN2O/c1-9-5-4-6-14(16-9)17-10(2)7-12(11(17)3)13(18)8-15/h4-7H,8H2,1-3H3. The van der Waals surface area contributed by atoms with Crippen molar-refractivity contribution in [2.45, 2.75) is 20.8 Å². The molecule has 18 heavy (non-hydrogen) atoms. The molecule has 0 radical (unpaired) electrons. The summed E-state index contributed by atoms with van der Waals surface area (Å²) in [5.74, 6) is 0.785. The van der Waals surface area contributed by atoms with E-state index in [9.17, 15) is 4.79 Å². The highest BCUT2D eigenvalue weighted by molar-refractivity contribution is 6.30. The third kappa shape index (κ3) is 2.18. The molecule has 0 aliphatic rings. The normalized spacial score (nSPS) is 10.7. The first-order chi connectivity index (χ1) is 8.54. The lowest BCUT2D eigenvalue weighted by molar-refractivity contribution is 0.102. The summed E-state index contributed by atoms with van der Waals surface area (Å²) in [5, 5.41) is 0. The maximum atomic E-state index is 11.7. The van der Waals surface area contributed by atoms with Crippen LogP contribution in [0.5, 0.6) is 0 Å². The molecule has 3 nitrogen and oxygen atoms in total. The number of nitrogens with zero attached hydrogens (tertiary/aromatic N) is 2. The summed E-state index contributed by atoms with van der Waals surface area (Å²) in [7, 11) is 0. The molecule has 2 aromatic rings. The van der Waals surface area contributed by atoms with E-state index >= 15 is 0 Å². The first-order valence-corrected chi connectivity index (χ1v) is 6.30. The van der Waals surface area contributed by atoms with Crippen LogP contribution in [0.3, 0.4) is 0 Å². The van der Waals surface area contributed by atoms with Gasteiger partial charge in [0.1, 0.15) is 5.82 Å². The first-order valence-electron chi connectivity index (χ1n) is 5.76. The van der Waals surface area contributed by atoms with E-state index in [4.69, 9.17) is 11.6 Å². The second kappa shape index (κ2) is 4.94. The van der Waals surface area contributed by atoms with Gasteiger partial charge in [-0.05, 0) is 39.0 Å². The number of hydrogen-bond acceptors (Lipinski definition) is 2. The van der Waals surface area contributed by atoms with Crippen LogP contribution in [0.2, 0.25) is 0 Å². The number of carbonyl (C=O) groups excluding carboxylic acids is 1. The lowest BCUT2D eigenvalue weighted by Gasteiger charge is -2.09. The topological polar surface area (TPSA) is 34.9 Å². The Hall–Kier alpha value is -1.61. The van der Waals surface area contributed by atoms with Gasteiger partial charge in [0, 0.05) is 22.6 Å². The smallest absolute Gasteiger partial charge is 0.179 e. The number of hydrogen-bond donors (Lipinski definition) is 0. The Labute approximate surface area is 111 Å². The van der Waals surface area contributed by atoms with Gasteiger partial charge in [-0.25, -0.2) is 4.98 Å². The van der Waals surface area contributed by atoms with Crippen LogP contribution in [0, 0.1) is 20.8 Å². The Bertz CT molecular complexity index is 602. The van der Waals surface area contributed by atoms with E-state index < -0.39 is 0 Å². The molecule has 0 spiro atoms. The summed E-state index contributed by atoms with van der Waals surface area (Å²) < 4.78 is 1.98. The van der Waals surface area contributed by atoms with E-state index in [1.54, 1.807) is 0 Å². The fraction of sp³-hybridized carbons (Fsp3) is 0.286. The second-order valence-corrected chi connectivity index (χ2v) is 4.58. The number of rotatable bonds is 3. The monoisotopic (exact) mass is 262 g/mol. The summed E-state index contributed by atoms with van der Waals surface area (Å²) in [6.45, 7) is 5.82. The van der Waals surface area contributed by atoms with Crippen molar-refractivity contribution in [2.24, 2.45) is 0 Å². The van der Waals surface area contributed by atoms with Crippen molar-refractivity contribution in [1.29, 1.82) is 0 Å². The van der Waals surface area contributed by atoms with Crippen molar-refractivity contribution >= 4 is 17.4 Å². The van der Waals surface area contributed by atoms with Crippen LogP contribution < -0.4 is 0 Å². The molecule has 0 N–H and O–H groups in total. The van der Waals surface area contributed by atoms with Crippen LogP contribution in [0.15, 0.2) is 24.3 Å². The average molecular weight is 263 g/mol. The van der Waals surface area contributed by atoms with Crippen LogP contribution in [0.25, 0.3) is 5.82 Å². The van der Waals surface area contributed by atoms with Gasteiger partial charge < -0.3 is 4.57 Å². The van der Waals surface area contributed by atoms with E-state index in [0.717, 1.165) is 22.9 Å². The molecule has 0 saturated carbocycles. The summed E-state index contributed by atoms with van der Waals surface area (Å²) in [6.07, 6.45) is 0. The van der Waals surface area contributed by atoms with Crippen molar-refractivity contribution in [3.63, 3.8) is 0 Å². The van der Waals surface area contributed by atoms with E-state index in [2.05, 4.69) is 4.98 Å². The van der Waals surface area contributed by atoms with E-state index in [1.165, 1.54) is 0 Å². The number of carbonyl (C=O) groups is 1. The molecule has 0 fully saturated rings. The number of pyridine rings is 1. The van der Waals surface area contributed by atoms with Crippen molar-refractivity contribution in [1.82, 2.24) is 9.55 Å². The Balaban J connectivity index is 2.59. The zero-order chi connectivity index (χ0) is 13.3. The Kier molecular flexibility index (Phi) is 3.53. The molecule has 0 bridgehead atoms. The predicted molar refractivity (Wildman–Crippen MR) is 72.8 cm³/mol. The van der Waals surface area contributed by atoms with Crippen LogP contribution >= 0.6 is 11.6 Å². The third-order valence-electron chi connectivity index (χ3n) is 2.96. The Morgan fingerprint density at radius 1 is 1.33 bits per heavy atom. The molecule has 94 valence electrons. The maximum Gasteiger partial charge on any atom is 0.179 e. The lowest BCUT2D eigenvalue weighted by atomic mass is 10.2. The Morgan fingerprint density at radius 3 is 2.67 bits per heavy atom. The van der Waals surface area contributed by atoms with E-state index in [-0.39, 0.29) is 11.7 Å². The predicted octanol–water partition coefficient (Wildman–Crippen LogP) is 3.22. The molecular weight excluding hydrogens is 248 g/mol. The summed E-state index contributed by atoms with van der Waals surface area (Å²) in [4.78, 5) is 16.2. The van der Waals surface area contributed by atoms with E-state index in [0.29, 0.717) is 5.56 Å². The zero-order valence-corrected chi connectivity index (χ0v) is 11.5. The molecule has 0 aliphatic carbocycles. The van der Waals surface area contributed by atoms with Crippen LogP contribution in [0.1, 0.15) is 27.4 Å². The summed E-state index contributed by atoms with van der Waals surface area (Å²) >= 11 is 5.62. The van der Waals surface area contributed by atoms with Gasteiger partial charge >= 0.3 is 0 Å². The van der Waals surface area contributed by atoms with Gasteiger partial charge in [0.05, 0.1) is 5.88 Å². The van der Waals surface area contributed by atoms with Crippen molar-refractivity contribution < 1.29 is 4.79 Å². The minimum absolute atomic E-state index is 0.00550. The van der Waals surface area contributed by atoms with E-state index in [1.807, 2.05) is 49.6 Å². The highest BCUT2D eigenvalue weighted by Crippen LogP contribution is 2.20. The van der Waals surface area contributed by atoms with Gasteiger partial charge in [0.25, 0.3) is 0 Å². The van der Waals surface area contributed by atoms with Crippen molar-refractivity contribution in [3.05, 3.63) is 46.9 Å². The maximum absolute atomic E-state index is 11.7. The number of aromatic nitrogens is 2. The molecule has 2 rings (SSSR count). The van der Waals surface area contributed by atoms with Gasteiger partial charge in [0.2, 0.25) is 0 Å². The number of alkyl halides is 1. The number of ketones is 1. The van der Waals surface area contributed by atoms with Crippen LogP contribution in [-0.2, 0) is 0 Å². The SMILES string of the molecule is Cc1cccc(-n2c(C)cc(C(=O)CCl)c2C)n1. The Morgan fingerprint density at radius 2 is 2.06 bits per heavy atom. The van der Waals surface area contributed by atoms with Gasteiger partial charge in [-0.1, -0.05) is 6.07 Å². The average Bonchev–Trinajstić information content (AvgIpc) is 2.64. The van der Waals surface area contributed by atoms with Crippen molar-refractivity contribution in [2.75, 3.05) is 5.88 Å². The lowest BCUT2D eigenvalue weighted by Crippen LogP contribution is -2.05. The minimum atomic E-state index is -0.0522. The quantitative estimate of drug-likeness (QED) is 0.629. The largest absolute Gasteiger partial charge is 0.302 e. The second-order valence-electron chi connectivity index (χ2n) is 4.31. The molecule has 0 atom stereocenters. The minimum Gasteiger partial charge on any atom is -0.302 e. The first kappa shape index (κ1) is 12.8. The van der Waals surface area contributed by atoms with Gasteiger partial charge in [-0.15, -0.1) is 11.6 Å². The molecule has 2 heterocycles. The number of aryl methyl sites for hydroxylation is 2. The van der Waals surface area contributed by atoms with Gasteiger partial charge in [-0.2, -0.15) is 0 Å². The third-order valence-corrected chi connectivity index (χ3v) is 3.20. The molecule has 0 aliphatic heterocycles. The molecule has 2 aromatic heterocycles. The highest BCUT2D eigenvalue weighted by atomic mass is 35.5. The van der Waals surface area contributed by atoms with Crippen LogP contribution in [0.4, 0.5) is 0 Å². The van der Waals surface area contributed by atoms with Gasteiger partial charge in [0.15, 0.2) is 5.78 Å². The van der Waals surface area contributed by atoms with Crippen molar-refractivity contribution in [3.8, 4) is 5.82 Å². The fourth-order valence-corrected chi connectivity index (χ4v) is 2.27. The summed E-state index contributed by atoms with van der Waals surface area (Å²) in [5.41, 5.74) is 3.49. The zero-order valence-electron chi connectivity index (χ0n) is 10.7. The number of Topliss-reactive ketones (excluding diaryl/α,β-unsaturated/α-hetero) is 1. The van der Waals surface area contributed by atoms with Gasteiger partial charge in [-0.3, -0.25) is 4.79 Å². The van der Waals surface area contributed by atoms with Crippen LogP contribution in [-0.4, -0.2) is 21.2 Å².